The Labute approximate surface area is 152 Å². The molecule has 6 heteroatoms. The van der Waals surface area contributed by atoms with Crippen molar-refractivity contribution in [2.75, 3.05) is 31.7 Å². The van der Waals surface area contributed by atoms with E-state index in [4.69, 9.17) is 14.5 Å². The zero-order chi connectivity index (χ0) is 17.9. The lowest BCUT2D eigenvalue weighted by Gasteiger charge is -2.19. The van der Waals surface area contributed by atoms with Crippen LogP contribution >= 0.6 is 0 Å². The highest BCUT2D eigenvalue weighted by Gasteiger charge is 2.24. The van der Waals surface area contributed by atoms with Gasteiger partial charge in [-0.1, -0.05) is 0 Å². The van der Waals surface area contributed by atoms with E-state index >= 15 is 0 Å². The first-order valence-electron chi connectivity index (χ1n) is 8.82. The lowest BCUT2D eigenvalue weighted by Crippen LogP contribution is -2.23. The number of methoxy groups -OCH3 is 1. The molecule has 0 amide bonds. The molecule has 3 aromatic rings. The van der Waals surface area contributed by atoms with Crippen LogP contribution in [0.1, 0.15) is 12.0 Å². The van der Waals surface area contributed by atoms with Gasteiger partial charge in [-0.25, -0.2) is 9.97 Å². The Bertz CT molecular complexity index is 901. The van der Waals surface area contributed by atoms with Crippen molar-refractivity contribution in [2.45, 2.75) is 13.3 Å². The predicted octanol–water partition coefficient (Wildman–Crippen LogP) is 3.25. The van der Waals surface area contributed by atoms with Crippen LogP contribution in [-0.4, -0.2) is 41.8 Å². The lowest BCUT2D eigenvalue weighted by molar-refractivity contribution is 0.251. The molecule has 0 spiro atoms. The SMILES string of the molecule is COc1ccc2c(C)cc(N3CCC(COc4cnccn4)C3)nc2c1. The number of ether oxygens (including phenoxy) is 2. The predicted molar refractivity (Wildman–Crippen MR) is 101 cm³/mol. The minimum Gasteiger partial charge on any atom is -0.497 e. The van der Waals surface area contributed by atoms with Gasteiger partial charge in [0.15, 0.2) is 0 Å². The van der Waals surface area contributed by atoms with E-state index in [2.05, 4.69) is 33.9 Å². The molecule has 1 aliphatic rings. The smallest absolute Gasteiger partial charge is 0.232 e. The van der Waals surface area contributed by atoms with E-state index in [9.17, 15) is 0 Å². The standard InChI is InChI=1S/C20H22N4O2/c1-14-9-19(23-18-10-16(25-2)3-4-17(14)18)24-8-5-15(12-24)13-26-20-11-21-6-7-22-20/h3-4,6-7,9-11,15H,5,8,12-13H2,1-2H3. The van der Waals surface area contributed by atoms with Gasteiger partial charge in [-0.15, -0.1) is 0 Å². The quantitative estimate of drug-likeness (QED) is 0.704. The van der Waals surface area contributed by atoms with Crippen molar-refractivity contribution in [3.63, 3.8) is 0 Å². The van der Waals surface area contributed by atoms with Crippen molar-refractivity contribution in [1.82, 2.24) is 15.0 Å². The lowest BCUT2D eigenvalue weighted by atomic mass is 10.1. The molecule has 1 aliphatic heterocycles. The first kappa shape index (κ1) is 16.6. The average molecular weight is 350 g/mol. The van der Waals surface area contributed by atoms with Crippen LogP contribution in [0.4, 0.5) is 5.82 Å². The van der Waals surface area contributed by atoms with Gasteiger partial charge in [0.2, 0.25) is 5.88 Å². The molecule has 134 valence electrons. The number of pyridine rings is 1. The van der Waals surface area contributed by atoms with E-state index in [0.717, 1.165) is 42.0 Å². The van der Waals surface area contributed by atoms with E-state index in [1.807, 2.05) is 12.1 Å². The molecular weight excluding hydrogens is 328 g/mol. The largest absolute Gasteiger partial charge is 0.497 e. The van der Waals surface area contributed by atoms with Gasteiger partial charge in [-0.3, -0.25) is 4.98 Å². The second-order valence-electron chi connectivity index (χ2n) is 6.64. The third kappa shape index (κ3) is 3.40. The number of fused-ring (bicyclic) bond motifs is 1. The van der Waals surface area contributed by atoms with Crippen LogP contribution in [0.3, 0.4) is 0 Å². The molecule has 1 saturated heterocycles. The summed E-state index contributed by atoms with van der Waals surface area (Å²) in [5.41, 5.74) is 2.20. The van der Waals surface area contributed by atoms with Gasteiger partial charge in [0.25, 0.3) is 0 Å². The molecule has 1 atom stereocenters. The van der Waals surface area contributed by atoms with Gasteiger partial charge < -0.3 is 14.4 Å². The number of aryl methyl sites for hydroxylation is 1. The number of benzene rings is 1. The molecule has 2 aromatic heterocycles. The second kappa shape index (κ2) is 7.15. The molecule has 6 nitrogen and oxygen atoms in total. The summed E-state index contributed by atoms with van der Waals surface area (Å²) in [6, 6.07) is 8.21. The third-order valence-corrected chi connectivity index (χ3v) is 4.83. The fourth-order valence-electron chi connectivity index (χ4n) is 3.39. The molecule has 26 heavy (non-hydrogen) atoms. The van der Waals surface area contributed by atoms with Gasteiger partial charge in [0.05, 0.1) is 25.4 Å². The van der Waals surface area contributed by atoms with Crippen LogP contribution in [0, 0.1) is 12.8 Å². The Morgan fingerprint density at radius 3 is 2.96 bits per heavy atom. The fraction of sp³-hybridized carbons (Fsp3) is 0.350. The minimum atomic E-state index is 0.458. The van der Waals surface area contributed by atoms with E-state index < -0.39 is 0 Å². The Hall–Kier alpha value is -2.89. The van der Waals surface area contributed by atoms with Crippen molar-refractivity contribution in [1.29, 1.82) is 0 Å². The van der Waals surface area contributed by atoms with Crippen LogP contribution in [-0.2, 0) is 0 Å². The molecule has 4 rings (SSSR count). The topological polar surface area (TPSA) is 60.4 Å². The molecule has 0 N–H and O–H groups in total. The molecule has 1 fully saturated rings. The molecule has 0 saturated carbocycles. The molecule has 3 heterocycles. The summed E-state index contributed by atoms with van der Waals surface area (Å²) in [6.45, 7) is 4.69. The summed E-state index contributed by atoms with van der Waals surface area (Å²) in [5, 5.41) is 1.16. The van der Waals surface area contributed by atoms with Crippen molar-refractivity contribution in [2.24, 2.45) is 5.92 Å². The minimum absolute atomic E-state index is 0.458. The Kier molecular flexibility index (Phi) is 4.56. The van der Waals surface area contributed by atoms with Crippen LogP contribution in [0.25, 0.3) is 10.9 Å². The van der Waals surface area contributed by atoms with Crippen molar-refractivity contribution in [3.05, 3.63) is 48.4 Å². The summed E-state index contributed by atoms with van der Waals surface area (Å²) in [7, 11) is 1.68. The zero-order valence-corrected chi connectivity index (χ0v) is 15.1. The molecule has 0 bridgehead atoms. The van der Waals surface area contributed by atoms with E-state index in [1.54, 1.807) is 25.7 Å². The summed E-state index contributed by atoms with van der Waals surface area (Å²) < 4.78 is 11.1. The Morgan fingerprint density at radius 2 is 2.15 bits per heavy atom. The molecule has 1 aromatic carbocycles. The summed E-state index contributed by atoms with van der Waals surface area (Å²) in [6.07, 6.45) is 6.02. The highest BCUT2D eigenvalue weighted by molar-refractivity contribution is 5.85. The number of aromatic nitrogens is 3. The molecule has 1 unspecified atom stereocenters. The van der Waals surface area contributed by atoms with Crippen molar-refractivity contribution >= 4 is 16.7 Å². The number of anilines is 1. The molecule has 0 radical (unpaired) electrons. The van der Waals surface area contributed by atoms with E-state index in [-0.39, 0.29) is 0 Å². The molecule has 0 aliphatic carbocycles. The summed E-state index contributed by atoms with van der Waals surface area (Å²) in [4.78, 5) is 15.4. The van der Waals surface area contributed by atoms with Crippen LogP contribution < -0.4 is 14.4 Å². The maximum Gasteiger partial charge on any atom is 0.232 e. The van der Waals surface area contributed by atoms with Gasteiger partial charge in [0, 0.05) is 42.9 Å². The number of hydrogen-bond acceptors (Lipinski definition) is 6. The van der Waals surface area contributed by atoms with Crippen LogP contribution in [0.5, 0.6) is 11.6 Å². The maximum atomic E-state index is 5.76. The number of rotatable bonds is 5. The third-order valence-electron chi connectivity index (χ3n) is 4.83. The fourth-order valence-corrected chi connectivity index (χ4v) is 3.39. The summed E-state index contributed by atoms with van der Waals surface area (Å²) in [5.74, 6) is 2.89. The number of hydrogen-bond donors (Lipinski definition) is 0. The first-order chi connectivity index (χ1) is 12.7. The zero-order valence-electron chi connectivity index (χ0n) is 15.1. The summed E-state index contributed by atoms with van der Waals surface area (Å²) >= 11 is 0. The van der Waals surface area contributed by atoms with Crippen molar-refractivity contribution < 1.29 is 9.47 Å². The van der Waals surface area contributed by atoms with E-state index in [1.165, 1.54) is 5.56 Å². The van der Waals surface area contributed by atoms with Crippen LogP contribution in [0.2, 0.25) is 0 Å². The number of nitrogens with zero attached hydrogens (tertiary/aromatic N) is 4. The monoisotopic (exact) mass is 350 g/mol. The molecular formula is C20H22N4O2. The average Bonchev–Trinajstić information content (AvgIpc) is 3.16. The van der Waals surface area contributed by atoms with Crippen LogP contribution in [0.15, 0.2) is 42.9 Å². The van der Waals surface area contributed by atoms with E-state index in [0.29, 0.717) is 18.4 Å². The highest BCUT2D eigenvalue weighted by Crippen LogP contribution is 2.29. The van der Waals surface area contributed by atoms with Crippen molar-refractivity contribution in [3.8, 4) is 11.6 Å². The van der Waals surface area contributed by atoms with Gasteiger partial charge >= 0.3 is 0 Å². The normalized spacial score (nSPS) is 16.8. The Morgan fingerprint density at radius 1 is 1.23 bits per heavy atom. The first-order valence-corrected chi connectivity index (χ1v) is 8.82. The highest BCUT2D eigenvalue weighted by atomic mass is 16.5. The maximum absolute atomic E-state index is 5.76. The second-order valence-corrected chi connectivity index (χ2v) is 6.64. The Balaban J connectivity index is 1.47. The van der Waals surface area contributed by atoms with Gasteiger partial charge in [-0.05, 0) is 37.1 Å². The van der Waals surface area contributed by atoms with Gasteiger partial charge in [0.1, 0.15) is 11.6 Å². The van der Waals surface area contributed by atoms with Gasteiger partial charge in [-0.2, -0.15) is 0 Å².